The first kappa shape index (κ1) is 15.1. The molecule has 0 aliphatic rings. The van der Waals surface area contributed by atoms with E-state index in [0.29, 0.717) is 6.54 Å². The molecule has 0 aromatic heterocycles. The fraction of sp³-hybridized carbons (Fsp3) is 0.900. The van der Waals surface area contributed by atoms with Crippen molar-refractivity contribution in [1.82, 2.24) is 5.32 Å². The molecule has 0 atom stereocenters. The highest BCUT2D eigenvalue weighted by atomic mass is 19.4. The number of amides is 1. The Balaban J connectivity index is 3.31. The van der Waals surface area contributed by atoms with Gasteiger partial charge in [0.15, 0.2) is 6.61 Å². The van der Waals surface area contributed by atoms with Gasteiger partial charge in [-0.2, -0.15) is 13.2 Å². The van der Waals surface area contributed by atoms with Gasteiger partial charge < -0.3 is 10.1 Å². The van der Waals surface area contributed by atoms with E-state index in [0.717, 1.165) is 32.1 Å². The number of rotatable bonds is 7. The van der Waals surface area contributed by atoms with Gasteiger partial charge in [-0.1, -0.05) is 32.6 Å². The SMILES string of the molecule is CCCCCCCNC(=O)OCC(F)(F)F. The van der Waals surface area contributed by atoms with E-state index in [-0.39, 0.29) is 0 Å². The molecule has 0 heterocycles. The third-order valence-corrected chi connectivity index (χ3v) is 1.92. The second-order valence-electron chi connectivity index (χ2n) is 3.53. The number of alkyl carbamates (subject to hydrolysis) is 1. The van der Waals surface area contributed by atoms with E-state index in [1.165, 1.54) is 0 Å². The zero-order valence-corrected chi connectivity index (χ0v) is 9.40. The number of unbranched alkanes of at least 4 members (excludes halogenated alkanes) is 4. The van der Waals surface area contributed by atoms with Crippen molar-refractivity contribution in [2.45, 2.75) is 45.2 Å². The van der Waals surface area contributed by atoms with Crippen molar-refractivity contribution < 1.29 is 22.7 Å². The molecule has 16 heavy (non-hydrogen) atoms. The Bertz CT molecular complexity index is 195. The van der Waals surface area contributed by atoms with Crippen LogP contribution in [0.15, 0.2) is 0 Å². The Morgan fingerprint density at radius 1 is 1.19 bits per heavy atom. The zero-order chi connectivity index (χ0) is 12.4. The molecule has 0 unspecified atom stereocenters. The summed E-state index contributed by atoms with van der Waals surface area (Å²) in [5.74, 6) is 0. The van der Waals surface area contributed by atoms with Crippen molar-refractivity contribution >= 4 is 6.09 Å². The monoisotopic (exact) mass is 241 g/mol. The molecule has 96 valence electrons. The molecule has 0 radical (unpaired) electrons. The molecular formula is C10H18F3NO2. The first-order valence-electron chi connectivity index (χ1n) is 5.43. The molecule has 0 aliphatic heterocycles. The summed E-state index contributed by atoms with van der Waals surface area (Å²) in [6.45, 7) is 0.918. The van der Waals surface area contributed by atoms with Gasteiger partial charge in [-0.3, -0.25) is 0 Å². The second kappa shape index (κ2) is 8.24. The average molecular weight is 241 g/mol. The lowest BCUT2D eigenvalue weighted by atomic mass is 10.1. The van der Waals surface area contributed by atoms with Crippen molar-refractivity contribution in [1.29, 1.82) is 0 Å². The van der Waals surface area contributed by atoms with Gasteiger partial charge in [0.05, 0.1) is 0 Å². The van der Waals surface area contributed by atoms with Crippen LogP contribution in [0.25, 0.3) is 0 Å². The van der Waals surface area contributed by atoms with Crippen LogP contribution in [-0.2, 0) is 4.74 Å². The summed E-state index contributed by atoms with van der Waals surface area (Å²) in [6, 6.07) is 0. The van der Waals surface area contributed by atoms with Crippen LogP contribution in [0.1, 0.15) is 39.0 Å². The van der Waals surface area contributed by atoms with E-state index in [2.05, 4.69) is 17.0 Å². The Hall–Kier alpha value is -0.940. The van der Waals surface area contributed by atoms with Crippen LogP contribution in [0, 0.1) is 0 Å². The molecule has 0 saturated heterocycles. The Kier molecular flexibility index (Phi) is 7.76. The topological polar surface area (TPSA) is 38.3 Å². The summed E-state index contributed by atoms with van der Waals surface area (Å²) in [4.78, 5) is 10.7. The normalized spacial score (nSPS) is 11.2. The summed E-state index contributed by atoms with van der Waals surface area (Å²) >= 11 is 0. The molecule has 0 aliphatic carbocycles. The van der Waals surface area contributed by atoms with E-state index < -0.39 is 18.9 Å². The summed E-state index contributed by atoms with van der Waals surface area (Å²) in [5.41, 5.74) is 0. The van der Waals surface area contributed by atoms with E-state index in [4.69, 9.17) is 0 Å². The third-order valence-electron chi connectivity index (χ3n) is 1.92. The van der Waals surface area contributed by atoms with E-state index in [1.54, 1.807) is 0 Å². The summed E-state index contributed by atoms with van der Waals surface area (Å²) in [6.07, 6.45) is -0.393. The largest absolute Gasteiger partial charge is 0.440 e. The fourth-order valence-corrected chi connectivity index (χ4v) is 1.12. The zero-order valence-electron chi connectivity index (χ0n) is 9.40. The fourth-order valence-electron chi connectivity index (χ4n) is 1.12. The number of alkyl halides is 3. The van der Waals surface area contributed by atoms with Crippen LogP contribution in [-0.4, -0.2) is 25.4 Å². The van der Waals surface area contributed by atoms with Gasteiger partial charge in [-0.05, 0) is 6.42 Å². The second-order valence-corrected chi connectivity index (χ2v) is 3.53. The Labute approximate surface area is 93.3 Å². The maximum Gasteiger partial charge on any atom is 0.422 e. The van der Waals surface area contributed by atoms with Crippen molar-refractivity contribution in [3.8, 4) is 0 Å². The number of hydrogen-bond donors (Lipinski definition) is 1. The van der Waals surface area contributed by atoms with Crippen molar-refractivity contribution in [3.63, 3.8) is 0 Å². The number of nitrogens with one attached hydrogen (secondary N) is 1. The smallest absolute Gasteiger partial charge is 0.422 e. The van der Waals surface area contributed by atoms with Gasteiger partial charge in [0.2, 0.25) is 0 Å². The summed E-state index contributed by atoms with van der Waals surface area (Å²) < 4.78 is 38.9. The standard InChI is InChI=1S/C10H18F3NO2/c1-2-3-4-5-6-7-14-9(15)16-8-10(11,12)13/h2-8H2,1H3,(H,14,15). The molecule has 0 aromatic carbocycles. The van der Waals surface area contributed by atoms with Gasteiger partial charge in [-0.25, -0.2) is 4.79 Å². The molecule has 1 N–H and O–H groups in total. The van der Waals surface area contributed by atoms with Crippen LogP contribution < -0.4 is 5.32 Å². The average Bonchev–Trinajstić information content (AvgIpc) is 2.19. The minimum atomic E-state index is -4.46. The number of carbonyl (C=O) groups excluding carboxylic acids is 1. The molecule has 0 saturated carbocycles. The molecule has 0 spiro atoms. The Morgan fingerprint density at radius 2 is 1.81 bits per heavy atom. The van der Waals surface area contributed by atoms with Crippen LogP contribution in [0.2, 0.25) is 0 Å². The molecular weight excluding hydrogens is 223 g/mol. The van der Waals surface area contributed by atoms with Crippen molar-refractivity contribution in [3.05, 3.63) is 0 Å². The first-order chi connectivity index (χ1) is 7.45. The van der Waals surface area contributed by atoms with Crippen LogP contribution >= 0.6 is 0 Å². The number of carbonyl (C=O) groups is 1. The minimum absolute atomic E-state index is 0.362. The van der Waals surface area contributed by atoms with E-state index >= 15 is 0 Å². The number of ether oxygens (including phenoxy) is 1. The van der Waals surface area contributed by atoms with Gasteiger partial charge in [-0.15, -0.1) is 0 Å². The third kappa shape index (κ3) is 11.1. The summed E-state index contributed by atoms with van der Waals surface area (Å²) in [7, 11) is 0. The summed E-state index contributed by atoms with van der Waals surface area (Å²) in [5, 5.41) is 2.27. The van der Waals surface area contributed by atoms with Crippen LogP contribution in [0.4, 0.5) is 18.0 Å². The molecule has 6 heteroatoms. The maximum absolute atomic E-state index is 11.6. The highest BCUT2D eigenvalue weighted by Crippen LogP contribution is 2.14. The number of hydrogen-bond acceptors (Lipinski definition) is 2. The molecule has 0 rings (SSSR count). The minimum Gasteiger partial charge on any atom is -0.440 e. The Morgan fingerprint density at radius 3 is 2.38 bits per heavy atom. The highest BCUT2D eigenvalue weighted by molar-refractivity contribution is 5.67. The van der Waals surface area contributed by atoms with Crippen molar-refractivity contribution in [2.75, 3.05) is 13.2 Å². The lowest BCUT2D eigenvalue weighted by Crippen LogP contribution is -2.29. The van der Waals surface area contributed by atoms with Gasteiger partial charge in [0, 0.05) is 6.54 Å². The molecule has 3 nitrogen and oxygen atoms in total. The van der Waals surface area contributed by atoms with Crippen LogP contribution in [0.5, 0.6) is 0 Å². The quantitative estimate of drug-likeness (QED) is 0.695. The highest BCUT2D eigenvalue weighted by Gasteiger charge is 2.29. The van der Waals surface area contributed by atoms with E-state index in [1.807, 2.05) is 0 Å². The molecule has 0 aromatic rings. The van der Waals surface area contributed by atoms with Crippen LogP contribution in [0.3, 0.4) is 0 Å². The van der Waals surface area contributed by atoms with E-state index in [9.17, 15) is 18.0 Å². The predicted molar refractivity (Wildman–Crippen MR) is 54.2 cm³/mol. The maximum atomic E-state index is 11.6. The van der Waals surface area contributed by atoms with Gasteiger partial charge >= 0.3 is 12.3 Å². The van der Waals surface area contributed by atoms with Gasteiger partial charge in [0.25, 0.3) is 0 Å². The first-order valence-corrected chi connectivity index (χ1v) is 5.43. The molecule has 0 bridgehead atoms. The van der Waals surface area contributed by atoms with Gasteiger partial charge in [0.1, 0.15) is 0 Å². The molecule has 0 fully saturated rings. The number of halogens is 3. The predicted octanol–water partition coefficient (Wildman–Crippen LogP) is 3.25. The van der Waals surface area contributed by atoms with Crippen molar-refractivity contribution in [2.24, 2.45) is 0 Å². The lowest BCUT2D eigenvalue weighted by Gasteiger charge is -2.08. The lowest BCUT2D eigenvalue weighted by molar-refractivity contribution is -0.160. The molecule has 1 amide bonds.